The molecule has 0 aliphatic rings. The Morgan fingerprint density at radius 3 is 2.26 bits per heavy atom. The predicted octanol–water partition coefficient (Wildman–Crippen LogP) is 4.60. The normalized spacial score (nSPS) is 13.2. The number of carbonyl (C=O) groups excluding carboxylic acids is 1. The molecular formula is C19H31O3P. The lowest BCUT2D eigenvalue weighted by molar-refractivity contribution is 0.0489. The van der Waals surface area contributed by atoms with Gasteiger partial charge in [-0.1, -0.05) is 54.5 Å². The number of ether oxygens (including phenoxy) is 2. The van der Waals surface area contributed by atoms with Gasteiger partial charge in [0.1, 0.15) is 0 Å². The fraction of sp³-hybridized carbons (Fsp3) is 0.632. The SMILES string of the molecule is CC(C)CCOC(=O)c1ccccc1PC(C)OCCC(C)C. The quantitative estimate of drug-likeness (QED) is 0.462. The van der Waals surface area contributed by atoms with Gasteiger partial charge in [0, 0.05) is 6.61 Å². The first-order chi connectivity index (χ1) is 10.9. The van der Waals surface area contributed by atoms with Gasteiger partial charge in [-0.25, -0.2) is 4.79 Å². The summed E-state index contributed by atoms with van der Waals surface area (Å²) in [7, 11) is 0.451. The Bertz CT molecular complexity index is 471. The summed E-state index contributed by atoms with van der Waals surface area (Å²) in [6.45, 7) is 12.0. The van der Waals surface area contributed by atoms with E-state index in [1.54, 1.807) is 0 Å². The van der Waals surface area contributed by atoms with Gasteiger partial charge in [-0.05, 0) is 43.0 Å². The van der Waals surface area contributed by atoms with Crippen LogP contribution in [0.3, 0.4) is 0 Å². The molecule has 0 radical (unpaired) electrons. The highest BCUT2D eigenvalue weighted by atomic mass is 31.1. The number of carbonyl (C=O) groups is 1. The molecule has 0 spiro atoms. The van der Waals surface area contributed by atoms with Crippen LogP contribution in [0.5, 0.6) is 0 Å². The molecule has 2 atom stereocenters. The van der Waals surface area contributed by atoms with Crippen LogP contribution in [0.15, 0.2) is 24.3 Å². The zero-order valence-electron chi connectivity index (χ0n) is 15.1. The molecule has 1 aromatic carbocycles. The van der Waals surface area contributed by atoms with Gasteiger partial charge < -0.3 is 9.47 Å². The number of esters is 1. The Kier molecular flexibility index (Phi) is 9.43. The summed E-state index contributed by atoms with van der Waals surface area (Å²) >= 11 is 0. The van der Waals surface area contributed by atoms with Crippen molar-refractivity contribution in [2.45, 2.75) is 53.3 Å². The van der Waals surface area contributed by atoms with Crippen molar-refractivity contribution in [3.05, 3.63) is 29.8 Å². The zero-order chi connectivity index (χ0) is 17.2. The lowest BCUT2D eigenvalue weighted by Crippen LogP contribution is -2.18. The molecule has 0 aliphatic heterocycles. The smallest absolute Gasteiger partial charge is 0.338 e. The molecule has 23 heavy (non-hydrogen) atoms. The molecule has 0 aromatic heterocycles. The summed E-state index contributed by atoms with van der Waals surface area (Å²) in [5, 5.41) is 1.03. The maximum atomic E-state index is 12.3. The van der Waals surface area contributed by atoms with E-state index < -0.39 is 0 Å². The fourth-order valence-electron chi connectivity index (χ4n) is 1.99. The summed E-state index contributed by atoms with van der Waals surface area (Å²) in [6, 6.07) is 7.70. The van der Waals surface area contributed by atoms with Crippen LogP contribution >= 0.6 is 8.58 Å². The summed E-state index contributed by atoms with van der Waals surface area (Å²) < 4.78 is 11.3. The van der Waals surface area contributed by atoms with E-state index in [0.717, 1.165) is 24.8 Å². The van der Waals surface area contributed by atoms with Crippen molar-refractivity contribution in [2.24, 2.45) is 11.8 Å². The minimum Gasteiger partial charge on any atom is -0.462 e. The van der Waals surface area contributed by atoms with Crippen LogP contribution in [-0.2, 0) is 9.47 Å². The van der Waals surface area contributed by atoms with Crippen molar-refractivity contribution in [1.82, 2.24) is 0 Å². The highest BCUT2D eigenvalue weighted by Crippen LogP contribution is 2.22. The van der Waals surface area contributed by atoms with E-state index in [1.165, 1.54) is 0 Å². The van der Waals surface area contributed by atoms with Crippen molar-refractivity contribution < 1.29 is 14.3 Å². The van der Waals surface area contributed by atoms with E-state index in [-0.39, 0.29) is 11.8 Å². The molecule has 1 aromatic rings. The summed E-state index contributed by atoms with van der Waals surface area (Å²) in [6.07, 6.45) is 1.96. The van der Waals surface area contributed by atoms with E-state index in [9.17, 15) is 4.79 Å². The van der Waals surface area contributed by atoms with Gasteiger partial charge in [0.15, 0.2) is 0 Å². The van der Waals surface area contributed by atoms with Gasteiger partial charge >= 0.3 is 5.97 Å². The number of hydrogen-bond acceptors (Lipinski definition) is 3. The first-order valence-electron chi connectivity index (χ1n) is 8.54. The highest BCUT2D eigenvalue weighted by Gasteiger charge is 2.15. The van der Waals surface area contributed by atoms with Crippen LogP contribution in [0, 0.1) is 11.8 Å². The van der Waals surface area contributed by atoms with E-state index >= 15 is 0 Å². The maximum Gasteiger partial charge on any atom is 0.338 e. The van der Waals surface area contributed by atoms with Gasteiger partial charge in [-0.15, -0.1) is 0 Å². The summed E-state index contributed by atoms with van der Waals surface area (Å²) in [5.74, 6) is 1.09. The Hall–Kier alpha value is -0.920. The standard InChI is InChI=1S/C19H31O3P/c1-14(2)10-12-21-16(5)23-18-9-7-6-8-17(18)19(20)22-13-11-15(3)4/h6-9,14-16,23H,10-13H2,1-5H3. The summed E-state index contributed by atoms with van der Waals surface area (Å²) in [5.41, 5.74) is 0.675. The lowest BCUT2D eigenvalue weighted by Gasteiger charge is -2.16. The minimum atomic E-state index is -0.219. The Morgan fingerprint density at radius 1 is 1.00 bits per heavy atom. The molecular weight excluding hydrogens is 307 g/mol. The number of rotatable bonds is 10. The number of hydrogen-bond donors (Lipinski definition) is 0. The van der Waals surface area contributed by atoms with Crippen LogP contribution in [0.2, 0.25) is 0 Å². The molecule has 0 saturated heterocycles. The Morgan fingerprint density at radius 2 is 1.61 bits per heavy atom. The van der Waals surface area contributed by atoms with Gasteiger partial charge in [-0.2, -0.15) is 0 Å². The maximum absolute atomic E-state index is 12.3. The average molecular weight is 338 g/mol. The minimum absolute atomic E-state index is 0.123. The number of benzene rings is 1. The third-order valence-electron chi connectivity index (χ3n) is 3.50. The lowest BCUT2D eigenvalue weighted by atomic mass is 10.1. The molecule has 0 amide bonds. The molecule has 4 heteroatoms. The molecule has 0 saturated carbocycles. The first kappa shape index (κ1) is 20.1. The molecule has 130 valence electrons. The van der Waals surface area contributed by atoms with Gasteiger partial charge in [0.2, 0.25) is 0 Å². The van der Waals surface area contributed by atoms with Crippen molar-refractivity contribution in [3.63, 3.8) is 0 Å². The Labute approximate surface area is 142 Å². The van der Waals surface area contributed by atoms with Crippen LogP contribution < -0.4 is 5.30 Å². The van der Waals surface area contributed by atoms with Crippen LogP contribution in [0.25, 0.3) is 0 Å². The zero-order valence-corrected chi connectivity index (χ0v) is 16.1. The van der Waals surface area contributed by atoms with Crippen molar-refractivity contribution in [3.8, 4) is 0 Å². The largest absolute Gasteiger partial charge is 0.462 e. The second-order valence-electron chi connectivity index (χ2n) is 6.70. The first-order valence-corrected chi connectivity index (χ1v) is 9.62. The molecule has 0 bridgehead atoms. The third kappa shape index (κ3) is 8.48. The topological polar surface area (TPSA) is 35.5 Å². The van der Waals surface area contributed by atoms with Crippen LogP contribution in [-0.4, -0.2) is 25.0 Å². The van der Waals surface area contributed by atoms with E-state index in [0.29, 0.717) is 32.6 Å². The Balaban J connectivity index is 2.57. The third-order valence-corrected chi connectivity index (χ3v) is 4.82. The van der Waals surface area contributed by atoms with E-state index in [4.69, 9.17) is 9.47 Å². The molecule has 0 fully saturated rings. The second kappa shape index (κ2) is 10.8. The molecule has 0 heterocycles. The van der Waals surface area contributed by atoms with Gasteiger partial charge in [-0.3, -0.25) is 0 Å². The average Bonchev–Trinajstić information content (AvgIpc) is 2.46. The molecule has 0 aliphatic carbocycles. The fourth-order valence-corrected chi connectivity index (χ4v) is 3.17. The van der Waals surface area contributed by atoms with Gasteiger partial charge in [0.25, 0.3) is 0 Å². The molecule has 3 nitrogen and oxygen atoms in total. The van der Waals surface area contributed by atoms with Crippen LogP contribution in [0.4, 0.5) is 0 Å². The monoisotopic (exact) mass is 338 g/mol. The van der Waals surface area contributed by atoms with Crippen LogP contribution in [0.1, 0.15) is 57.8 Å². The van der Waals surface area contributed by atoms with Gasteiger partial charge in [0.05, 0.1) is 18.0 Å². The van der Waals surface area contributed by atoms with Crippen molar-refractivity contribution >= 4 is 19.9 Å². The molecule has 2 unspecified atom stereocenters. The highest BCUT2D eigenvalue weighted by molar-refractivity contribution is 7.48. The molecule has 1 rings (SSSR count). The van der Waals surface area contributed by atoms with E-state index in [1.807, 2.05) is 24.3 Å². The second-order valence-corrected chi connectivity index (χ2v) is 8.34. The predicted molar refractivity (Wildman–Crippen MR) is 99.0 cm³/mol. The van der Waals surface area contributed by atoms with Crippen molar-refractivity contribution in [1.29, 1.82) is 0 Å². The van der Waals surface area contributed by atoms with Crippen molar-refractivity contribution in [2.75, 3.05) is 13.2 Å². The van der Waals surface area contributed by atoms with E-state index in [2.05, 4.69) is 34.6 Å². The summed E-state index contributed by atoms with van der Waals surface area (Å²) in [4.78, 5) is 12.3. The molecule has 0 N–H and O–H groups in total.